The summed E-state index contributed by atoms with van der Waals surface area (Å²) in [4.78, 5) is 12.0. The second kappa shape index (κ2) is 5.91. The Morgan fingerprint density at radius 2 is 1.71 bits per heavy atom. The molecule has 0 aliphatic heterocycles. The fourth-order valence-electron chi connectivity index (χ4n) is 2.84. The first-order chi connectivity index (χ1) is 11.3. The Morgan fingerprint density at radius 1 is 1.04 bits per heavy atom. The highest BCUT2D eigenvalue weighted by Crippen LogP contribution is 2.28. The molecule has 3 aromatic rings. The summed E-state index contributed by atoms with van der Waals surface area (Å²) >= 11 is 0. The molecule has 4 nitrogen and oxygen atoms in total. The number of ketones is 1. The van der Waals surface area contributed by atoms with E-state index in [2.05, 4.69) is 0 Å². The maximum absolute atomic E-state index is 12.5. The van der Waals surface area contributed by atoms with E-state index in [1.165, 1.54) is 6.92 Å². The number of sulfone groups is 1. The second-order valence-corrected chi connectivity index (χ2v) is 7.98. The molecule has 0 radical (unpaired) electrons. The van der Waals surface area contributed by atoms with Crippen LogP contribution >= 0.6 is 0 Å². The van der Waals surface area contributed by atoms with Crippen LogP contribution in [0.4, 0.5) is 0 Å². The Kier molecular flexibility index (Phi) is 4.05. The lowest BCUT2D eigenvalue weighted by Gasteiger charge is -2.05. The van der Waals surface area contributed by atoms with Crippen molar-refractivity contribution in [3.05, 3.63) is 64.9 Å². The Labute approximate surface area is 141 Å². The molecule has 0 saturated carbocycles. The number of hydrogen-bond donors (Lipinski definition) is 0. The molecule has 1 heterocycles. The first-order valence-corrected chi connectivity index (χ1v) is 9.25. The zero-order chi connectivity index (χ0) is 17.5. The van der Waals surface area contributed by atoms with Crippen molar-refractivity contribution in [3.8, 4) is 0 Å². The summed E-state index contributed by atoms with van der Waals surface area (Å²) in [6.07, 6.45) is 0. The van der Waals surface area contributed by atoms with E-state index in [1.54, 1.807) is 49.4 Å². The molecule has 5 heteroatoms. The van der Waals surface area contributed by atoms with E-state index in [-0.39, 0.29) is 11.5 Å². The fourth-order valence-corrected chi connectivity index (χ4v) is 4.17. The van der Waals surface area contributed by atoms with Crippen molar-refractivity contribution in [2.24, 2.45) is 0 Å². The van der Waals surface area contributed by atoms with Gasteiger partial charge in [0.25, 0.3) is 0 Å². The molecule has 3 rings (SSSR count). The van der Waals surface area contributed by atoms with Gasteiger partial charge in [0.1, 0.15) is 11.3 Å². The Morgan fingerprint density at radius 3 is 2.33 bits per heavy atom. The van der Waals surface area contributed by atoms with Crippen LogP contribution < -0.4 is 0 Å². The minimum atomic E-state index is -3.43. The highest BCUT2D eigenvalue weighted by molar-refractivity contribution is 7.90. The van der Waals surface area contributed by atoms with E-state index in [0.29, 0.717) is 27.4 Å². The minimum Gasteiger partial charge on any atom is -0.461 e. The van der Waals surface area contributed by atoms with E-state index in [4.69, 9.17) is 4.42 Å². The van der Waals surface area contributed by atoms with Crippen LogP contribution in [0.25, 0.3) is 11.0 Å². The van der Waals surface area contributed by atoms with Crippen molar-refractivity contribution in [2.45, 2.75) is 31.4 Å². The third-order valence-corrected chi connectivity index (χ3v) is 5.72. The highest BCUT2D eigenvalue weighted by Gasteiger charge is 2.18. The van der Waals surface area contributed by atoms with Crippen LogP contribution in [0, 0.1) is 13.8 Å². The van der Waals surface area contributed by atoms with Crippen LogP contribution in [0.5, 0.6) is 0 Å². The molecule has 24 heavy (non-hydrogen) atoms. The van der Waals surface area contributed by atoms with E-state index in [9.17, 15) is 13.2 Å². The first kappa shape index (κ1) is 16.5. The lowest BCUT2D eigenvalue weighted by Crippen LogP contribution is -2.05. The molecule has 0 spiro atoms. The molecule has 0 unspecified atom stereocenters. The van der Waals surface area contributed by atoms with Gasteiger partial charge in [0, 0.05) is 5.39 Å². The van der Waals surface area contributed by atoms with Gasteiger partial charge in [0.05, 0.1) is 16.2 Å². The molecule has 0 aliphatic rings. The lowest BCUT2D eigenvalue weighted by molar-refractivity contribution is 0.101. The predicted molar refractivity (Wildman–Crippen MR) is 93.0 cm³/mol. The van der Waals surface area contributed by atoms with E-state index >= 15 is 0 Å². The number of aryl methyl sites for hydroxylation is 2. The van der Waals surface area contributed by atoms with Crippen molar-refractivity contribution in [3.63, 3.8) is 0 Å². The number of rotatable bonds is 4. The molecule has 0 saturated heterocycles. The Bertz CT molecular complexity index is 1030. The van der Waals surface area contributed by atoms with E-state index in [1.807, 2.05) is 6.92 Å². The molecule has 1 aromatic heterocycles. The molecule has 2 aromatic carbocycles. The van der Waals surface area contributed by atoms with Crippen LogP contribution in [0.1, 0.15) is 34.2 Å². The molecule has 124 valence electrons. The van der Waals surface area contributed by atoms with Gasteiger partial charge in [-0.25, -0.2) is 8.42 Å². The SMILES string of the molecule is CC(=O)c1c(C)oc2cc(CS(=O)(=O)c3ccc(C)cc3)ccc12. The average Bonchev–Trinajstić information content (AvgIpc) is 2.82. The summed E-state index contributed by atoms with van der Waals surface area (Å²) < 4.78 is 30.7. The van der Waals surface area contributed by atoms with E-state index in [0.717, 1.165) is 10.9 Å². The number of benzene rings is 2. The summed E-state index contributed by atoms with van der Waals surface area (Å²) in [7, 11) is -3.43. The van der Waals surface area contributed by atoms with Gasteiger partial charge < -0.3 is 4.42 Å². The molecular weight excluding hydrogens is 324 g/mol. The van der Waals surface area contributed by atoms with Crippen molar-refractivity contribution in [1.82, 2.24) is 0 Å². The van der Waals surface area contributed by atoms with Crippen LogP contribution in [0.15, 0.2) is 51.8 Å². The molecule has 0 fully saturated rings. The van der Waals surface area contributed by atoms with Crippen LogP contribution in [-0.2, 0) is 15.6 Å². The smallest absolute Gasteiger partial charge is 0.182 e. The first-order valence-electron chi connectivity index (χ1n) is 7.60. The Hall–Kier alpha value is -2.40. The topological polar surface area (TPSA) is 64.3 Å². The summed E-state index contributed by atoms with van der Waals surface area (Å²) in [5.41, 5.74) is 2.73. The summed E-state index contributed by atoms with van der Waals surface area (Å²) in [6.45, 7) is 5.14. The summed E-state index contributed by atoms with van der Waals surface area (Å²) in [6, 6.07) is 12.0. The largest absolute Gasteiger partial charge is 0.461 e. The van der Waals surface area contributed by atoms with Gasteiger partial charge in [0.15, 0.2) is 15.6 Å². The average molecular weight is 342 g/mol. The van der Waals surface area contributed by atoms with Gasteiger partial charge in [-0.3, -0.25) is 4.79 Å². The molecule has 0 aliphatic carbocycles. The lowest BCUT2D eigenvalue weighted by atomic mass is 10.1. The normalized spacial score (nSPS) is 11.8. The third-order valence-electron chi connectivity index (χ3n) is 4.02. The van der Waals surface area contributed by atoms with Crippen molar-refractivity contribution in [1.29, 1.82) is 0 Å². The maximum atomic E-state index is 12.5. The second-order valence-electron chi connectivity index (χ2n) is 5.99. The molecule has 0 amide bonds. The number of hydrogen-bond acceptors (Lipinski definition) is 4. The highest BCUT2D eigenvalue weighted by atomic mass is 32.2. The van der Waals surface area contributed by atoms with Crippen molar-refractivity contribution in [2.75, 3.05) is 0 Å². The zero-order valence-corrected chi connectivity index (χ0v) is 14.6. The van der Waals surface area contributed by atoms with Crippen molar-refractivity contribution < 1.29 is 17.6 Å². The van der Waals surface area contributed by atoms with Gasteiger partial charge >= 0.3 is 0 Å². The van der Waals surface area contributed by atoms with Crippen molar-refractivity contribution >= 4 is 26.6 Å². The quantitative estimate of drug-likeness (QED) is 0.666. The number of furan rings is 1. The number of carbonyl (C=O) groups excluding carboxylic acids is 1. The third kappa shape index (κ3) is 2.99. The van der Waals surface area contributed by atoms with Gasteiger partial charge in [0.2, 0.25) is 0 Å². The molecule has 0 N–H and O–H groups in total. The van der Waals surface area contributed by atoms with Crippen LogP contribution in [0.3, 0.4) is 0 Å². The van der Waals surface area contributed by atoms with Gasteiger partial charge in [-0.2, -0.15) is 0 Å². The van der Waals surface area contributed by atoms with Crippen LogP contribution in [-0.4, -0.2) is 14.2 Å². The molecule has 0 bridgehead atoms. The van der Waals surface area contributed by atoms with Gasteiger partial charge in [-0.15, -0.1) is 0 Å². The number of carbonyl (C=O) groups is 1. The van der Waals surface area contributed by atoms with Gasteiger partial charge in [-0.1, -0.05) is 29.8 Å². The van der Waals surface area contributed by atoms with E-state index < -0.39 is 9.84 Å². The zero-order valence-electron chi connectivity index (χ0n) is 13.8. The van der Waals surface area contributed by atoms with Crippen LogP contribution in [0.2, 0.25) is 0 Å². The standard InChI is InChI=1S/C19H18O4S/c1-12-4-7-16(8-5-12)24(21,22)11-15-6-9-17-18(10-15)23-14(3)19(17)13(2)20/h4-10H,11H2,1-3H3. The van der Waals surface area contributed by atoms with Gasteiger partial charge in [-0.05, 0) is 44.5 Å². The minimum absolute atomic E-state index is 0.0636. The summed E-state index contributed by atoms with van der Waals surface area (Å²) in [5.74, 6) is 0.378. The fraction of sp³-hybridized carbons (Fsp3) is 0.211. The molecular formula is C19H18O4S. The number of fused-ring (bicyclic) bond motifs is 1. The monoisotopic (exact) mass is 342 g/mol. The Balaban J connectivity index is 1.98. The maximum Gasteiger partial charge on any atom is 0.182 e. The molecule has 0 atom stereocenters. The predicted octanol–water partition coefficient (Wildman–Crippen LogP) is 4.23. The number of Topliss-reactive ketones (excluding diaryl/α,β-unsaturated/α-hetero) is 1. The summed E-state index contributed by atoms with van der Waals surface area (Å²) in [5, 5.41) is 0.719.